The van der Waals surface area contributed by atoms with Gasteiger partial charge in [0.15, 0.2) is 17.2 Å². The summed E-state index contributed by atoms with van der Waals surface area (Å²) in [6.45, 7) is 2.14. The summed E-state index contributed by atoms with van der Waals surface area (Å²) in [6.07, 6.45) is 1.54. The average Bonchev–Trinajstić information content (AvgIpc) is 3.13. The zero-order valence-electron chi connectivity index (χ0n) is 13.8. The Hall–Kier alpha value is -3.66. The number of nitriles is 1. The second-order valence-corrected chi connectivity index (χ2v) is 5.22. The second kappa shape index (κ2) is 7.49. The number of benzene rings is 2. The van der Waals surface area contributed by atoms with E-state index in [1.807, 2.05) is 6.07 Å². The molecule has 130 valence electrons. The van der Waals surface area contributed by atoms with Crippen LogP contribution in [0.3, 0.4) is 0 Å². The van der Waals surface area contributed by atoms with Crippen LogP contribution >= 0.6 is 0 Å². The van der Waals surface area contributed by atoms with Crippen molar-refractivity contribution < 1.29 is 18.7 Å². The molecule has 1 heterocycles. The molecule has 0 N–H and O–H groups in total. The fourth-order valence-electron chi connectivity index (χ4n) is 2.28. The molecule has 0 radical (unpaired) electrons. The van der Waals surface area contributed by atoms with Crippen molar-refractivity contribution in [3.8, 4) is 23.3 Å². The average molecular weight is 351 g/mol. The van der Waals surface area contributed by atoms with Crippen LogP contribution in [0.4, 0.5) is 4.39 Å². The summed E-state index contributed by atoms with van der Waals surface area (Å²) in [4.78, 5) is 12.3. The number of halogens is 1. The fourth-order valence-corrected chi connectivity index (χ4v) is 2.28. The van der Waals surface area contributed by atoms with Crippen LogP contribution in [-0.4, -0.2) is 22.4 Å². The van der Waals surface area contributed by atoms with Gasteiger partial charge in [-0.2, -0.15) is 10.4 Å². The van der Waals surface area contributed by atoms with E-state index in [2.05, 4.69) is 5.10 Å². The topological polar surface area (TPSA) is 77.1 Å². The summed E-state index contributed by atoms with van der Waals surface area (Å²) in [6, 6.07) is 13.8. The molecule has 0 saturated carbocycles. The van der Waals surface area contributed by atoms with Crippen molar-refractivity contribution in [2.45, 2.75) is 6.92 Å². The summed E-state index contributed by atoms with van der Waals surface area (Å²) in [7, 11) is 0. The highest BCUT2D eigenvalue weighted by molar-refractivity contribution is 5.89. The Morgan fingerprint density at radius 3 is 2.81 bits per heavy atom. The highest BCUT2D eigenvalue weighted by atomic mass is 19.1. The van der Waals surface area contributed by atoms with Gasteiger partial charge in [-0.1, -0.05) is 6.07 Å². The van der Waals surface area contributed by atoms with Gasteiger partial charge in [0.25, 0.3) is 0 Å². The Bertz CT molecular complexity index is 992. The van der Waals surface area contributed by atoms with Crippen LogP contribution in [0.25, 0.3) is 5.69 Å². The third kappa shape index (κ3) is 3.70. The molecule has 0 aliphatic carbocycles. The molecule has 7 heteroatoms. The molecule has 0 saturated heterocycles. The zero-order chi connectivity index (χ0) is 18.5. The SMILES string of the molecule is CCOc1cc(C#N)ccc1OC(=O)c1ccn(-c2cccc(F)c2)n1. The van der Waals surface area contributed by atoms with Gasteiger partial charge in [-0.3, -0.25) is 0 Å². The summed E-state index contributed by atoms with van der Waals surface area (Å²) in [5.41, 5.74) is 0.933. The van der Waals surface area contributed by atoms with Gasteiger partial charge in [0.1, 0.15) is 5.82 Å². The quantitative estimate of drug-likeness (QED) is 0.519. The second-order valence-electron chi connectivity index (χ2n) is 5.22. The maximum Gasteiger partial charge on any atom is 0.364 e. The normalized spacial score (nSPS) is 10.2. The lowest BCUT2D eigenvalue weighted by Gasteiger charge is -2.10. The predicted octanol–water partition coefficient (Wildman–Crippen LogP) is 3.50. The van der Waals surface area contributed by atoms with Crippen molar-refractivity contribution in [3.05, 3.63) is 71.8 Å². The molecule has 2 aromatic carbocycles. The summed E-state index contributed by atoms with van der Waals surface area (Å²) >= 11 is 0. The number of carbonyl (C=O) groups is 1. The van der Waals surface area contributed by atoms with E-state index in [-0.39, 0.29) is 11.4 Å². The van der Waals surface area contributed by atoms with Gasteiger partial charge >= 0.3 is 5.97 Å². The Balaban J connectivity index is 1.82. The maximum absolute atomic E-state index is 13.3. The minimum Gasteiger partial charge on any atom is -0.490 e. The van der Waals surface area contributed by atoms with E-state index >= 15 is 0 Å². The van der Waals surface area contributed by atoms with Crippen LogP contribution in [0.1, 0.15) is 23.0 Å². The maximum atomic E-state index is 13.3. The van der Waals surface area contributed by atoms with Crippen molar-refractivity contribution in [1.29, 1.82) is 5.26 Å². The van der Waals surface area contributed by atoms with Gasteiger partial charge in [0, 0.05) is 12.3 Å². The molecule has 6 nitrogen and oxygen atoms in total. The van der Waals surface area contributed by atoms with Crippen LogP contribution in [0.15, 0.2) is 54.7 Å². The van der Waals surface area contributed by atoms with Crippen LogP contribution in [-0.2, 0) is 0 Å². The number of rotatable bonds is 5. The molecular formula is C19H14FN3O3. The minimum atomic E-state index is -0.689. The third-order valence-electron chi connectivity index (χ3n) is 3.45. The minimum absolute atomic E-state index is 0.0565. The molecule has 0 unspecified atom stereocenters. The Morgan fingerprint density at radius 1 is 1.23 bits per heavy atom. The molecule has 1 aromatic heterocycles. The molecule has 0 atom stereocenters. The van der Waals surface area contributed by atoms with Gasteiger partial charge in [-0.05, 0) is 43.3 Å². The van der Waals surface area contributed by atoms with E-state index in [1.54, 1.807) is 19.1 Å². The fraction of sp³-hybridized carbons (Fsp3) is 0.105. The van der Waals surface area contributed by atoms with E-state index in [1.165, 1.54) is 47.3 Å². The van der Waals surface area contributed by atoms with E-state index in [4.69, 9.17) is 14.7 Å². The van der Waals surface area contributed by atoms with Gasteiger partial charge in [0.2, 0.25) is 0 Å². The molecule has 0 bridgehead atoms. The zero-order valence-corrected chi connectivity index (χ0v) is 13.8. The number of nitrogens with zero attached hydrogens (tertiary/aromatic N) is 3. The summed E-state index contributed by atoms with van der Waals surface area (Å²) < 4.78 is 25.4. The number of aromatic nitrogens is 2. The number of esters is 1. The molecule has 0 spiro atoms. The predicted molar refractivity (Wildman–Crippen MR) is 90.8 cm³/mol. The standard InChI is InChI=1S/C19H14FN3O3/c1-2-25-18-10-13(12-21)6-7-17(18)26-19(24)16-8-9-23(22-16)15-5-3-4-14(20)11-15/h3-11H,2H2,1H3. The Labute approximate surface area is 149 Å². The smallest absolute Gasteiger partial charge is 0.364 e. The highest BCUT2D eigenvalue weighted by Gasteiger charge is 2.16. The molecular weight excluding hydrogens is 337 g/mol. The first-order valence-corrected chi connectivity index (χ1v) is 7.81. The van der Waals surface area contributed by atoms with Crippen LogP contribution in [0, 0.1) is 17.1 Å². The van der Waals surface area contributed by atoms with Gasteiger partial charge in [0.05, 0.1) is 23.9 Å². The molecule has 3 aromatic rings. The van der Waals surface area contributed by atoms with Crippen molar-refractivity contribution in [2.75, 3.05) is 6.61 Å². The molecule has 26 heavy (non-hydrogen) atoms. The first-order valence-electron chi connectivity index (χ1n) is 7.81. The van der Waals surface area contributed by atoms with E-state index in [0.29, 0.717) is 23.6 Å². The summed E-state index contributed by atoms with van der Waals surface area (Å²) in [5, 5.41) is 13.1. The first kappa shape index (κ1) is 17.2. The Morgan fingerprint density at radius 2 is 2.08 bits per heavy atom. The molecule has 0 aliphatic heterocycles. The summed E-state index contributed by atoms with van der Waals surface area (Å²) in [5.74, 6) is -0.604. The number of hydrogen-bond donors (Lipinski definition) is 0. The first-order chi connectivity index (χ1) is 12.6. The van der Waals surface area contributed by atoms with Crippen molar-refractivity contribution in [1.82, 2.24) is 9.78 Å². The van der Waals surface area contributed by atoms with E-state index in [9.17, 15) is 9.18 Å². The number of ether oxygens (including phenoxy) is 2. The van der Waals surface area contributed by atoms with Crippen LogP contribution < -0.4 is 9.47 Å². The molecule has 3 rings (SSSR count). The Kier molecular flexibility index (Phi) is 4.94. The van der Waals surface area contributed by atoms with Gasteiger partial charge in [-0.25, -0.2) is 13.9 Å². The van der Waals surface area contributed by atoms with Crippen LogP contribution in [0.5, 0.6) is 11.5 Å². The number of hydrogen-bond acceptors (Lipinski definition) is 5. The highest BCUT2D eigenvalue weighted by Crippen LogP contribution is 2.29. The monoisotopic (exact) mass is 351 g/mol. The lowest BCUT2D eigenvalue weighted by Crippen LogP contribution is -2.11. The van der Waals surface area contributed by atoms with Gasteiger partial charge < -0.3 is 9.47 Å². The molecule has 0 aliphatic rings. The largest absolute Gasteiger partial charge is 0.490 e. The lowest BCUT2D eigenvalue weighted by atomic mass is 10.2. The van der Waals surface area contributed by atoms with Crippen molar-refractivity contribution in [3.63, 3.8) is 0 Å². The van der Waals surface area contributed by atoms with Crippen molar-refractivity contribution in [2.24, 2.45) is 0 Å². The van der Waals surface area contributed by atoms with Crippen molar-refractivity contribution >= 4 is 5.97 Å². The molecule has 0 amide bonds. The lowest BCUT2D eigenvalue weighted by molar-refractivity contribution is 0.0721. The molecule has 0 fully saturated rings. The van der Waals surface area contributed by atoms with Crippen LogP contribution in [0.2, 0.25) is 0 Å². The van der Waals surface area contributed by atoms with Gasteiger partial charge in [-0.15, -0.1) is 0 Å². The van der Waals surface area contributed by atoms with E-state index < -0.39 is 11.8 Å². The third-order valence-corrected chi connectivity index (χ3v) is 3.45. The van der Waals surface area contributed by atoms with E-state index in [0.717, 1.165) is 0 Å². The number of carbonyl (C=O) groups excluding carboxylic acids is 1.